The van der Waals surface area contributed by atoms with Crippen LogP contribution in [0.15, 0.2) is 0 Å². The number of nitrogens with one attached hydrogen (secondary N) is 1. The molecule has 0 bridgehead atoms. The molecule has 1 saturated heterocycles. The molecular weight excluding hydrogens is 233 g/mol. The summed E-state index contributed by atoms with van der Waals surface area (Å²) in [5.74, 6) is 0. The number of piperazine rings is 1. The predicted molar refractivity (Wildman–Crippen MR) is 60.0 cm³/mol. The molecule has 6 heteroatoms. The van der Waals surface area contributed by atoms with E-state index in [-0.39, 0.29) is 6.61 Å². The monoisotopic (exact) mass is 254 g/mol. The average molecular weight is 254 g/mol. The topological polar surface area (TPSA) is 24.5 Å². The zero-order valence-electron chi connectivity index (χ0n) is 10.2. The van der Waals surface area contributed by atoms with E-state index in [1.165, 1.54) is 0 Å². The van der Waals surface area contributed by atoms with Crippen LogP contribution < -0.4 is 5.32 Å². The SMILES string of the molecule is CCCC1CN(CCOCC(F)(F)F)CCN1. The molecule has 102 valence electrons. The van der Waals surface area contributed by atoms with Crippen molar-refractivity contribution < 1.29 is 17.9 Å². The lowest BCUT2D eigenvalue weighted by Crippen LogP contribution is -2.51. The summed E-state index contributed by atoms with van der Waals surface area (Å²) in [7, 11) is 0. The van der Waals surface area contributed by atoms with Crippen molar-refractivity contribution in [3.8, 4) is 0 Å². The van der Waals surface area contributed by atoms with Crippen molar-refractivity contribution in [3.05, 3.63) is 0 Å². The van der Waals surface area contributed by atoms with E-state index < -0.39 is 12.8 Å². The fraction of sp³-hybridized carbons (Fsp3) is 1.00. The Bertz CT molecular complexity index is 209. The first-order valence-electron chi connectivity index (χ1n) is 6.11. The Balaban J connectivity index is 2.10. The van der Waals surface area contributed by atoms with E-state index in [0.29, 0.717) is 12.6 Å². The van der Waals surface area contributed by atoms with Crippen LogP contribution in [0.5, 0.6) is 0 Å². The lowest BCUT2D eigenvalue weighted by Gasteiger charge is -2.33. The van der Waals surface area contributed by atoms with E-state index in [1.807, 2.05) is 0 Å². The van der Waals surface area contributed by atoms with Gasteiger partial charge in [-0.2, -0.15) is 13.2 Å². The quantitative estimate of drug-likeness (QED) is 0.729. The largest absolute Gasteiger partial charge is 0.411 e. The molecule has 1 aliphatic rings. The summed E-state index contributed by atoms with van der Waals surface area (Å²) in [6, 6.07) is 0.469. The highest BCUT2D eigenvalue weighted by Gasteiger charge is 2.27. The van der Waals surface area contributed by atoms with E-state index >= 15 is 0 Å². The van der Waals surface area contributed by atoms with E-state index in [9.17, 15) is 13.2 Å². The molecular formula is C11H21F3N2O. The highest BCUT2D eigenvalue weighted by Crippen LogP contribution is 2.14. The second-order valence-corrected chi connectivity index (χ2v) is 4.41. The molecule has 1 fully saturated rings. The van der Waals surface area contributed by atoms with Crippen molar-refractivity contribution in [2.24, 2.45) is 0 Å². The molecule has 0 radical (unpaired) electrons. The van der Waals surface area contributed by atoms with E-state index in [4.69, 9.17) is 0 Å². The molecule has 0 saturated carbocycles. The van der Waals surface area contributed by atoms with E-state index in [1.54, 1.807) is 0 Å². The summed E-state index contributed by atoms with van der Waals surface area (Å²) in [5, 5.41) is 3.40. The van der Waals surface area contributed by atoms with Crippen LogP contribution in [0.2, 0.25) is 0 Å². The molecule has 1 aliphatic heterocycles. The Morgan fingerprint density at radius 3 is 2.82 bits per heavy atom. The normalized spacial score (nSPS) is 22.9. The molecule has 17 heavy (non-hydrogen) atoms. The number of alkyl halides is 3. The number of hydrogen-bond donors (Lipinski definition) is 1. The molecule has 0 aromatic carbocycles. The lowest BCUT2D eigenvalue weighted by atomic mass is 10.1. The summed E-state index contributed by atoms with van der Waals surface area (Å²) in [6.07, 6.45) is -1.98. The first kappa shape index (κ1) is 14.7. The first-order valence-corrected chi connectivity index (χ1v) is 6.11. The van der Waals surface area contributed by atoms with Crippen LogP contribution in [0.4, 0.5) is 13.2 Å². The maximum absolute atomic E-state index is 11.8. The van der Waals surface area contributed by atoms with Gasteiger partial charge >= 0.3 is 6.18 Å². The third-order valence-electron chi connectivity index (χ3n) is 2.79. The van der Waals surface area contributed by atoms with Crippen molar-refractivity contribution in [2.75, 3.05) is 39.4 Å². The fourth-order valence-corrected chi connectivity index (χ4v) is 2.02. The van der Waals surface area contributed by atoms with Crippen molar-refractivity contribution in [1.82, 2.24) is 10.2 Å². The lowest BCUT2D eigenvalue weighted by molar-refractivity contribution is -0.174. The fourth-order valence-electron chi connectivity index (χ4n) is 2.02. The molecule has 0 amide bonds. The van der Waals surface area contributed by atoms with Gasteiger partial charge in [0.25, 0.3) is 0 Å². The van der Waals surface area contributed by atoms with Crippen LogP contribution in [-0.4, -0.2) is 56.5 Å². The number of nitrogens with zero attached hydrogens (tertiary/aromatic N) is 1. The maximum atomic E-state index is 11.8. The standard InChI is InChI=1S/C11H21F3N2O/c1-2-3-10-8-16(5-4-15-10)6-7-17-9-11(12,13)14/h10,15H,2-9H2,1H3. The summed E-state index contributed by atoms with van der Waals surface area (Å²) in [6.45, 7) is 4.42. The molecule has 0 aromatic rings. The van der Waals surface area contributed by atoms with Gasteiger partial charge in [0.15, 0.2) is 0 Å². The van der Waals surface area contributed by atoms with E-state index in [0.717, 1.165) is 32.5 Å². The van der Waals surface area contributed by atoms with Crippen LogP contribution >= 0.6 is 0 Å². The van der Waals surface area contributed by atoms with Crippen LogP contribution in [0, 0.1) is 0 Å². The molecule has 1 atom stereocenters. The highest BCUT2D eigenvalue weighted by molar-refractivity contribution is 4.77. The predicted octanol–water partition coefficient (Wildman–Crippen LogP) is 1.64. The summed E-state index contributed by atoms with van der Waals surface area (Å²) < 4.78 is 40.1. The smallest absolute Gasteiger partial charge is 0.371 e. The Hall–Kier alpha value is -0.330. The second-order valence-electron chi connectivity index (χ2n) is 4.41. The van der Waals surface area contributed by atoms with Crippen LogP contribution in [-0.2, 0) is 4.74 Å². The third-order valence-corrected chi connectivity index (χ3v) is 2.79. The molecule has 0 spiro atoms. The zero-order chi connectivity index (χ0) is 12.7. The summed E-state index contributed by atoms with van der Waals surface area (Å²) in [4.78, 5) is 2.16. The van der Waals surface area contributed by atoms with Gasteiger partial charge in [0.05, 0.1) is 6.61 Å². The van der Waals surface area contributed by atoms with Gasteiger partial charge in [-0.15, -0.1) is 0 Å². The minimum atomic E-state index is -4.21. The van der Waals surface area contributed by atoms with Gasteiger partial charge in [-0.1, -0.05) is 13.3 Å². The average Bonchev–Trinajstić information content (AvgIpc) is 2.24. The van der Waals surface area contributed by atoms with Crippen LogP contribution in [0.3, 0.4) is 0 Å². The van der Waals surface area contributed by atoms with Gasteiger partial charge in [0.1, 0.15) is 6.61 Å². The van der Waals surface area contributed by atoms with Crippen molar-refractivity contribution in [3.63, 3.8) is 0 Å². The van der Waals surface area contributed by atoms with Crippen molar-refractivity contribution in [1.29, 1.82) is 0 Å². The third kappa shape index (κ3) is 6.85. The van der Waals surface area contributed by atoms with Crippen LogP contribution in [0.25, 0.3) is 0 Å². The number of hydrogen-bond acceptors (Lipinski definition) is 3. The van der Waals surface area contributed by atoms with Gasteiger partial charge in [-0.05, 0) is 6.42 Å². The van der Waals surface area contributed by atoms with Gasteiger partial charge in [-0.3, -0.25) is 4.90 Å². The molecule has 3 nitrogen and oxygen atoms in total. The number of halogens is 3. The van der Waals surface area contributed by atoms with Crippen molar-refractivity contribution >= 4 is 0 Å². The molecule has 1 heterocycles. The van der Waals surface area contributed by atoms with Gasteiger partial charge in [0, 0.05) is 32.2 Å². The van der Waals surface area contributed by atoms with Crippen molar-refractivity contribution in [2.45, 2.75) is 32.0 Å². The highest BCUT2D eigenvalue weighted by atomic mass is 19.4. The maximum Gasteiger partial charge on any atom is 0.411 e. The number of rotatable bonds is 6. The molecule has 1 N–H and O–H groups in total. The Labute approximate surface area is 100 Å². The molecule has 1 unspecified atom stereocenters. The Morgan fingerprint density at radius 1 is 1.41 bits per heavy atom. The first-order chi connectivity index (χ1) is 8.01. The summed E-state index contributed by atoms with van der Waals surface area (Å²) >= 11 is 0. The molecule has 1 rings (SSSR count). The van der Waals surface area contributed by atoms with Gasteiger partial charge in [-0.25, -0.2) is 0 Å². The number of ether oxygens (including phenoxy) is 1. The van der Waals surface area contributed by atoms with E-state index in [2.05, 4.69) is 21.9 Å². The zero-order valence-corrected chi connectivity index (χ0v) is 10.2. The minimum Gasteiger partial charge on any atom is -0.371 e. The Kier molecular flexibility index (Phi) is 6.22. The van der Waals surface area contributed by atoms with Gasteiger partial charge in [0.2, 0.25) is 0 Å². The van der Waals surface area contributed by atoms with Crippen LogP contribution in [0.1, 0.15) is 19.8 Å². The molecule has 0 aromatic heterocycles. The minimum absolute atomic E-state index is 0.151. The summed E-state index contributed by atoms with van der Waals surface area (Å²) in [5.41, 5.74) is 0. The molecule has 0 aliphatic carbocycles. The van der Waals surface area contributed by atoms with Gasteiger partial charge < -0.3 is 10.1 Å². The second kappa shape index (κ2) is 7.18. The Morgan fingerprint density at radius 2 is 2.18 bits per heavy atom.